The molecule has 20 heavy (non-hydrogen) atoms. The van der Waals surface area contributed by atoms with Gasteiger partial charge in [0.05, 0.1) is 0 Å². The van der Waals surface area contributed by atoms with E-state index in [1.807, 2.05) is 0 Å². The Morgan fingerprint density at radius 1 is 1.05 bits per heavy atom. The van der Waals surface area contributed by atoms with Crippen LogP contribution in [0.25, 0.3) is 0 Å². The first-order valence-corrected chi connectivity index (χ1v) is 8.31. The minimum absolute atomic E-state index is 0.604. The summed E-state index contributed by atoms with van der Waals surface area (Å²) in [5, 5.41) is 3.76. The first-order chi connectivity index (χ1) is 9.74. The fourth-order valence-corrected chi connectivity index (χ4v) is 2.54. The zero-order valence-corrected chi connectivity index (χ0v) is 13.8. The molecule has 0 amide bonds. The van der Waals surface area contributed by atoms with Crippen LogP contribution < -0.4 is 5.32 Å². The smallest absolute Gasteiger partial charge is 0.0388 e. The molecule has 1 N–H and O–H groups in total. The SMILES string of the molecule is CCCCC(CC)Nc1ccccc1CN(CC)CC. The maximum atomic E-state index is 3.76. The van der Waals surface area contributed by atoms with Gasteiger partial charge in [0, 0.05) is 18.3 Å². The number of benzene rings is 1. The standard InChI is InChI=1S/C18H32N2/c1-5-9-13-17(6-2)19-18-14-11-10-12-16(18)15-20(7-3)8-4/h10-12,14,17,19H,5-9,13,15H2,1-4H3. The van der Waals surface area contributed by atoms with Crippen LogP contribution in [0.5, 0.6) is 0 Å². The molecule has 114 valence electrons. The minimum atomic E-state index is 0.604. The van der Waals surface area contributed by atoms with Crippen LogP contribution in [0.4, 0.5) is 5.69 Å². The van der Waals surface area contributed by atoms with Gasteiger partial charge in [-0.05, 0) is 37.6 Å². The fourth-order valence-electron chi connectivity index (χ4n) is 2.54. The lowest BCUT2D eigenvalue weighted by atomic mass is 10.1. The van der Waals surface area contributed by atoms with Crippen molar-refractivity contribution >= 4 is 5.69 Å². The van der Waals surface area contributed by atoms with Crippen molar-refractivity contribution in [3.8, 4) is 0 Å². The summed E-state index contributed by atoms with van der Waals surface area (Å²) in [4.78, 5) is 2.47. The summed E-state index contributed by atoms with van der Waals surface area (Å²) < 4.78 is 0. The number of nitrogens with one attached hydrogen (secondary N) is 1. The number of para-hydroxylation sites is 1. The van der Waals surface area contributed by atoms with Crippen LogP contribution in [0.1, 0.15) is 58.9 Å². The highest BCUT2D eigenvalue weighted by Gasteiger charge is 2.10. The fraction of sp³-hybridized carbons (Fsp3) is 0.667. The van der Waals surface area contributed by atoms with Crippen LogP contribution in [-0.2, 0) is 6.54 Å². The molecule has 2 heteroatoms. The van der Waals surface area contributed by atoms with E-state index in [1.54, 1.807) is 0 Å². The van der Waals surface area contributed by atoms with Gasteiger partial charge in [0.2, 0.25) is 0 Å². The van der Waals surface area contributed by atoms with Crippen LogP contribution >= 0.6 is 0 Å². The molecule has 0 aliphatic heterocycles. The summed E-state index contributed by atoms with van der Waals surface area (Å²) in [7, 11) is 0. The van der Waals surface area contributed by atoms with Crippen LogP contribution in [0, 0.1) is 0 Å². The highest BCUT2D eigenvalue weighted by atomic mass is 15.1. The summed E-state index contributed by atoms with van der Waals surface area (Å²) >= 11 is 0. The Bertz CT molecular complexity index is 358. The van der Waals surface area contributed by atoms with Gasteiger partial charge in [-0.1, -0.05) is 58.7 Å². The van der Waals surface area contributed by atoms with Gasteiger partial charge in [-0.25, -0.2) is 0 Å². The quantitative estimate of drug-likeness (QED) is 0.653. The van der Waals surface area contributed by atoms with E-state index in [-0.39, 0.29) is 0 Å². The molecule has 0 spiro atoms. The van der Waals surface area contributed by atoms with Crippen LogP contribution in [-0.4, -0.2) is 24.0 Å². The molecule has 0 aliphatic carbocycles. The van der Waals surface area contributed by atoms with Gasteiger partial charge in [-0.15, -0.1) is 0 Å². The van der Waals surface area contributed by atoms with Gasteiger partial charge in [0.15, 0.2) is 0 Å². The molecule has 0 fully saturated rings. The second-order valence-corrected chi connectivity index (χ2v) is 5.51. The van der Waals surface area contributed by atoms with E-state index in [4.69, 9.17) is 0 Å². The second kappa shape index (κ2) is 9.82. The molecule has 0 aliphatic rings. The van der Waals surface area contributed by atoms with Gasteiger partial charge in [-0.3, -0.25) is 4.90 Å². The monoisotopic (exact) mass is 276 g/mol. The molecule has 1 rings (SSSR count). The van der Waals surface area contributed by atoms with Crippen molar-refractivity contribution in [2.75, 3.05) is 18.4 Å². The van der Waals surface area contributed by atoms with Crippen molar-refractivity contribution in [3.63, 3.8) is 0 Å². The molecular weight excluding hydrogens is 244 g/mol. The molecule has 0 heterocycles. The van der Waals surface area contributed by atoms with Gasteiger partial charge in [-0.2, -0.15) is 0 Å². The van der Waals surface area contributed by atoms with E-state index in [9.17, 15) is 0 Å². The van der Waals surface area contributed by atoms with Crippen molar-refractivity contribution in [1.82, 2.24) is 4.90 Å². The molecule has 0 saturated carbocycles. The highest BCUT2D eigenvalue weighted by Crippen LogP contribution is 2.20. The van der Waals surface area contributed by atoms with E-state index < -0.39 is 0 Å². The summed E-state index contributed by atoms with van der Waals surface area (Å²) in [6, 6.07) is 9.38. The number of anilines is 1. The van der Waals surface area contributed by atoms with E-state index in [1.165, 1.54) is 36.9 Å². The van der Waals surface area contributed by atoms with Crippen molar-refractivity contribution < 1.29 is 0 Å². The van der Waals surface area contributed by atoms with E-state index in [0.717, 1.165) is 19.6 Å². The van der Waals surface area contributed by atoms with Gasteiger partial charge < -0.3 is 5.32 Å². The number of hydrogen-bond donors (Lipinski definition) is 1. The average Bonchev–Trinajstić information content (AvgIpc) is 2.50. The first kappa shape index (κ1) is 17.0. The van der Waals surface area contributed by atoms with Gasteiger partial charge in [0.25, 0.3) is 0 Å². The second-order valence-electron chi connectivity index (χ2n) is 5.51. The number of hydrogen-bond acceptors (Lipinski definition) is 2. The Balaban J connectivity index is 2.73. The molecule has 0 saturated heterocycles. The molecule has 1 aromatic carbocycles. The Hall–Kier alpha value is -1.02. The van der Waals surface area contributed by atoms with Crippen LogP contribution in [0.3, 0.4) is 0 Å². The molecular formula is C18H32N2. The first-order valence-electron chi connectivity index (χ1n) is 8.31. The third-order valence-corrected chi connectivity index (χ3v) is 4.06. The average molecular weight is 276 g/mol. The lowest BCUT2D eigenvalue weighted by molar-refractivity contribution is 0.296. The highest BCUT2D eigenvalue weighted by molar-refractivity contribution is 5.51. The van der Waals surface area contributed by atoms with Crippen molar-refractivity contribution in [2.45, 2.75) is 66.0 Å². The predicted molar refractivity (Wildman–Crippen MR) is 90.3 cm³/mol. The Morgan fingerprint density at radius 3 is 2.35 bits per heavy atom. The van der Waals surface area contributed by atoms with E-state index in [2.05, 4.69) is 62.2 Å². The Morgan fingerprint density at radius 2 is 1.75 bits per heavy atom. The summed E-state index contributed by atoms with van der Waals surface area (Å²) in [6.45, 7) is 12.3. The zero-order valence-electron chi connectivity index (χ0n) is 13.8. The number of unbranched alkanes of at least 4 members (excludes halogenated alkanes) is 1. The Kier molecular flexibility index (Phi) is 8.36. The molecule has 0 bridgehead atoms. The molecule has 2 nitrogen and oxygen atoms in total. The molecule has 1 unspecified atom stereocenters. The third-order valence-electron chi connectivity index (χ3n) is 4.06. The molecule has 1 atom stereocenters. The van der Waals surface area contributed by atoms with Gasteiger partial charge in [0.1, 0.15) is 0 Å². The topological polar surface area (TPSA) is 15.3 Å². The number of nitrogens with zero attached hydrogens (tertiary/aromatic N) is 1. The lowest BCUT2D eigenvalue weighted by Crippen LogP contribution is -2.24. The molecule has 0 radical (unpaired) electrons. The summed E-state index contributed by atoms with van der Waals surface area (Å²) in [5.41, 5.74) is 2.74. The van der Waals surface area contributed by atoms with Crippen molar-refractivity contribution in [2.24, 2.45) is 0 Å². The summed E-state index contributed by atoms with van der Waals surface area (Å²) in [6.07, 6.45) is 5.05. The number of rotatable bonds is 10. The normalized spacial score (nSPS) is 12.7. The molecule has 1 aromatic rings. The predicted octanol–water partition coefficient (Wildman–Crippen LogP) is 4.91. The third kappa shape index (κ3) is 5.54. The largest absolute Gasteiger partial charge is 0.382 e. The van der Waals surface area contributed by atoms with Crippen molar-refractivity contribution in [1.29, 1.82) is 0 Å². The molecule has 0 aromatic heterocycles. The maximum Gasteiger partial charge on any atom is 0.0388 e. The minimum Gasteiger partial charge on any atom is -0.382 e. The van der Waals surface area contributed by atoms with E-state index >= 15 is 0 Å². The van der Waals surface area contributed by atoms with Crippen LogP contribution in [0.15, 0.2) is 24.3 Å². The van der Waals surface area contributed by atoms with Crippen LogP contribution in [0.2, 0.25) is 0 Å². The summed E-state index contributed by atoms with van der Waals surface area (Å²) in [5.74, 6) is 0. The Labute approximate surface area is 125 Å². The van der Waals surface area contributed by atoms with Gasteiger partial charge >= 0.3 is 0 Å². The zero-order chi connectivity index (χ0) is 14.8. The lowest BCUT2D eigenvalue weighted by Gasteiger charge is -2.23. The van der Waals surface area contributed by atoms with Crippen molar-refractivity contribution in [3.05, 3.63) is 29.8 Å². The maximum absolute atomic E-state index is 3.76. The van der Waals surface area contributed by atoms with E-state index in [0.29, 0.717) is 6.04 Å².